The molecule has 0 spiro atoms. The van der Waals surface area contributed by atoms with Crippen LogP contribution in [0.25, 0.3) is 10.9 Å². The summed E-state index contributed by atoms with van der Waals surface area (Å²) in [6.45, 7) is 6.21. The molecule has 5 rings (SSSR count). The predicted molar refractivity (Wildman–Crippen MR) is 136 cm³/mol. The van der Waals surface area contributed by atoms with Crippen LogP contribution >= 0.6 is 11.6 Å². The molecule has 4 aromatic rings. The molecule has 1 aliphatic heterocycles. The molecule has 8 heteroatoms. The van der Waals surface area contributed by atoms with E-state index in [1.807, 2.05) is 78.2 Å². The minimum absolute atomic E-state index is 0.270. The number of carbonyl (C=O) groups excluding carboxylic acids is 1. The van der Waals surface area contributed by atoms with E-state index in [4.69, 9.17) is 21.1 Å². The van der Waals surface area contributed by atoms with Gasteiger partial charge in [0, 0.05) is 40.6 Å². The van der Waals surface area contributed by atoms with Crippen LogP contribution in [0.3, 0.4) is 0 Å². The number of fused-ring (bicyclic) bond motifs is 3. The van der Waals surface area contributed by atoms with Crippen LogP contribution in [0, 0.1) is 5.92 Å². The lowest BCUT2D eigenvalue weighted by atomic mass is 9.92. The van der Waals surface area contributed by atoms with E-state index in [1.54, 1.807) is 6.20 Å². The van der Waals surface area contributed by atoms with Gasteiger partial charge in [-0.15, -0.1) is 0 Å². The van der Waals surface area contributed by atoms with Gasteiger partial charge in [-0.3, -0.25) is 9.58 Å². The summed E-state index contributed by atoms with van der Waals surface area (Å²) in [4.78, 5) is 18.5. The number of aromatic amines is 1. The average Bonchev–Trinajstić information content (AvgIpc) is 3.50. The van der Waals surface area contributed by atoms with E-state index in [-0.39, 0.29) is 18.1 Å². The zero-order valence-corrected chi connectivity index (χ0v) is 20.7. The largest absolute Gasteiger partial charge is 0.492 e. The number of nitrogens with zero attached hydrogens (tertiary/aromatic N) is 3. The van der Waals surface area contributed by atoms with Gasteiger partial charge >= 0.3 is 6.09 Å². The van der Waals surface area contributed by atoms with Crippen LogP contribution in [0.15, 0.2) is 60.9 Å². The Balaban J connectivity index is 1.43. The van der Waals surface area contributed by atoms with Crippen LogP contribution in [0.5, 0.6) is 5.75 Å². The summed E-state index contributed by atoms with van der Waals surface area (Å²) in [5, 5.41) is 6.00. The van der Waals surface area contributed by atoms with Crippen molar-refractivity contribution in [2.45, 2.75) is 32.9 Å². The number of rotatable bonds is 7. The number of carbonyl (C=O) groups is 1. The number of hydrogen-bond donors (Lipinski definition) is 1. The van der Waals surface area contributed by atoms with Crippen molar-refractivity contribution in [3.05, 3.63) is 82.8 Å². The van der Waals surface area contributed by atoms with Crippen LogP contribution in [0.1, 0.15) is 36.7 Å². The van der Waals surface area contributed by atoms with E-state index in [2.05, 4.69) is 10.1 Å². The standard InChI is InChI=1S/C27H29ClN4O3/c1-18(2)17-35-27(33)32-13-10-22-23-16-20(28)6-9-24(23)30-25(22)26(32)19-4-7-21(8-5-19)34-15-14-31-12-3-11-29-31/h3-9,11-12,16,18,26,30H,10,13-15,17H2,1-2H3. The highest BCUT2D eigenvalue weighted by Crippen LogP contribution is 2.39. The van der Waals surface area contributed by atoms with Crippen LogP contribution < -0.4 is 4.74 Å². The van der Waals surface area contributed by atoms with Crippen molar-refractivity contribution in [1.82, 2.24) is 19.7 Å². The summed E-state index contributed by atoms with van der Waals surface area (Å²) >= 11 is 6.30. The topological polar surface area (TPSA) is 72.4 Å². The summed E-state index contributed by atoms with van der Waals surface area (Å²) < 4.78 is 13.4. The molecule has 0 radical (unpaired) electrons. The Morgan fingerprint density at radius 1 is 1.23 bits per heavy atom. The molecule has 2 aromatic carbocycles. The van der Waals surface area contributed by atoms with E-state index in [9.17, 15) is 4.79 Å². The first-order chi connectivity index (χ1) is 17.0. The molecule has 0 bridgehead atoms. The first-order valence-corrected chi connectivity index (χ1v) is 12.3. The minimum Gasteiger partial charge on any atom is -0.492 e. The number of benzene rings is 2. The lowest BCUT2D eigenvalue weighted by molar-refractivity contribution is 0.0797. The number of amides is 1. The monoisotopic (exact) mass is 492 g/mol. The summed E-state index contributed by atoms with van der Waals surface area (Å²) in [6.07, 6.45) is 4.10. The summed E-state index contributed by atoms with van der Waals surface area (Å²) in [5.41, 5.74) is 4.20. The van der Waals surface area contributed by atoms with Crippen molar-refractivity contribution < 1.29 is 14.3 Å². The summed E-state index contributed by atoms with van der Waals surface area (Å²) in [7, 11) is 0. The molecule has 7 nitrogen and oxygen atoms in total. The molecule has 1 aliphatic rings. The molecule has 2 aromatic heterocycles. The number of ether oxygens (including phenoxy) is 2. The van der Waals surface area contributed by atoms with Crippen LogP contribution in [-0.2, 0) is 17.7 Å². The second kappa shape index (κ2) is 10.0. The third kappa shape index (κ3) is 5.00. The van der Waals surface area contributed by atoms with E-state index < -0.39 is 0 Å². The summed E-state index contributed by atoms with van der Waals surface area (Å²) in [5.74, 6) is 1.04. The van der Waals surface area contributed by atoms with Gasteiger partial charge in [-0.25, -0.2) is 4.79 Å². The molecule has 0 fully saturated rings. The molecule has 1 unspecified atom stereocenters. The van der Waals surface area contributed by atoms with Crippen molar-refractivity contribution in [2.75, 3.05) is 19.8 Å². The van der Waals surface area contributed by atoms with Gasteiger partial charge in [-0.2, -0.15) is 5.10 Å². The maximum atomic E-state index is 13.1. The second-order valence-corrected chi connectivity index (χ2v) is 9.65. The lowest BCUT2D eigenvalue weighted by Gasteiger charge is -2.35. The van der Waals surface area contributed by atoms with E-state index in [0.717, 1.165) is 34.3 Å². The fourth-order valence-corrected chi connectivity index (χ4v) is 4.73. The zero-order valence-electron chi connectivity index (χ0n) is 19.9. The Bertz CT molecular complexity index is 1300. The van der Waals surface area contributed by atoms with Crippen molar-refractivity contribution in [2.24, 2.45) is 5.92 Å². The highest BCUT2D eigenvalue weighted by Gasteiger charge is 2.35. The summed E-state index contributed by atoms with van der Waals surface area (Å²) in [6, 6.07) is 15.4. The fourth-order valence-electron chi connectivity index (χ4n) is 4.56. The smallest absolute Gasteiger partial charge is 0.410 e. The maximum Gasteiger partial charge on any atom is 0.410 e. The van der Waals surface area contributed by atoms with Gasteiger partial charge in [0.15, 0.2) is 0 Å². The molecule has 1 amide bonds. The number of H-pyrrole nitrogens is 1. The Labute approximate surface area is 209 Å². The van der Waals surface area contributed by atoms with Gasteiger partial charge in [0.25, 0.3) is 0 Å². The van der Waals surface area contributed by atoms with Gasteiger partial charge in [-0.05, 0) is 59.9 Å². The van der Waals surface area contributed by atoms with Crippen molar-refractivity contribution in [3.8, 4) is 5.75 Å². The van der Waals surface area contributed by atoms with Crippen LogP contribution in [0.2, 0.25) is 5.02 Å². The van der Waals surface area contributed by atoms with Gasteiger partial charge < -0.3 is 14.5 Å². The normalized spacial score (nSPS) is 15.4. The molecular formula is C27H29ClN4O3. The predicted octanol–water partition coefficient (Wildman–Crippen LogP) is 5.84. The van der Waals surface area contributed by atoms with Gasteiger partial charge in [-0.1, -0.05) is 37.6 Å². The zero-order chi connectivity index (χ0) is 24.4. The number of hydrogen-bond acceptors (Lipinski definition) is 4. The molecule has 1 N–H and O–H groups in total. The van der Waals surface area contributed by atoms with Crippen LogP contribution in [0.4, 0.5) is 4.79 Å². The fraction of sp³-hybridized carbons (Fsp3) is 0.333. The average molecular weight is 493 g/mol. The Kier molecular flexibility index (Phi) is 6.68. The lowest BCUT2D eigenvalue weighted by Crippen LogP contribution is -2.41. The van der Waals surface area contributed by atoms with E-state index in [1.165, 1.54) is 5.56 Å². The molecule has 35 heavy (non-hydrogen) atoms. The molecule has 0 saturated heterocycles. The van der Waals surface area contributed by atoms with E-state index >= 15 is 0 Å². The van der Waals surface area contributed by atoms with Crippen molar-refractivity contribution in [3.63, 3.8) is 0 Å². The van der Waals surface area contributed by atoms with E-state index in [0.29, 0.717) is 31.3 Å². The van der Waals surface area contributed by atoms with Crippen molar-refractivity contribution >= 4 is 28.6 Å². The minimum atomic E-state index is -0.300. The molecular weight excluding hydrogens is 464 g/mol. The van der Waals surface area contributed by atoms with Gasteiger partial charge in [0.05, 0.1) is 13.2 Å². The van der Waals surface area contributed by atoms with Crippen molar-refractivity contribution in [1.29, 1.82) is 0 Å². The SMILES string of the molecule is CC(C)COC(=O)N1CCc2c([nH]c3ccc(Cl)cc23)C1c1ccc(OCCn2cccn2)cc1. The van der Waals surface area contributed by atoms with Gasteiger partial charge in [0.1, 0.15) is 18.4 Å². The Hall–Kier alpha value is -3.45. The molecule has 182 valence electrons. The number of aromatic nitrogens is 3. The third-order valence-corrected chi connectivity index (χ3v) is 6.44. The second-order valence-electron chi connectivity index (χ2n) is 9.21. The first kappa shape index (κ1) is 23.3. The molecule has 3 heterocycles. The highest BCUT2D eigenvalue weighted by molar-refractivity contribution is 6.31. The Morgan fingerprint density at radius 3 is 2.80 bits per heavy atom. The molecule has 1 atom stereocenters. The Morgan fingerprint density at radius 2 is 2.06 bits per heavy atom. The molecule has 0 saturated carbocycles. The number of nitrogens with one attached hydrogen (secondary N) is 1. The first-order valence-electron chi connectivity index (χ1n) is 11.9. The van der Waals surface area contributed by atoms with Crippen LogP contribution in [-0.4, -0.2) is 45.5 Å². The van der Waals surface area contributed by atoms with Gasteiger partial charge in [0.2, 0.25) is 0 Å². The third-order valence-electron chi connectivity index (χ3n) is 6.21. The quantitative estimate of drug-likeness (QED) is 0.352. The number of halogens is 1. The highest BCUT2D eigenvalue weighted by atomic mass is 35.5. The maximum absolute atomic E-state index is 13.1. The molecule has 0 aliphatic carbocycles.